The van der Waals surface area contributed by atoms with Crippen LogP contribution in [0.15, 0.2) is 36.5 Å². The quantitative estimate of drug-likeness (QED) is 0.0172. The summed E-state index contributed by atoms with van der Waals surface area (Å²) in [6, 6.07) is 0. The number of aliphatic hydroxyl groups is 7. The number of esters is 1. The van der Waals surface area contributed by atoms with E-state index < -0.39 is 80.7 Å². The van der Waals surface area contributed by atoms with Crippen LogP contribution in [0.5, 0.6) is 0 Å². The highest BCUT2D eigenvalue weighted by molar-refractivity contribution is 5.69. The van der Waals surface area contributed by atoms with E-state index in [2.05, 4.69) is 50.3 Å². The number of allylic oxidation sites excluding steroid dienone is 6. The standard InChI is InChI=1S/C56H102O14/c1-3-5-7-9-11-13-15-17-19-21-22-23-24-26-28-30-32-34-36-38-40-65-42-45(68-48(58)39-37-35-33-31-29-27-25-20-18-16-14-12-10-8-6-4-2)43-66-55-54(64)52(62)50(60)47(70-55)44-67-56-53(63)51(61)49(59)46(41-57)69-56/h14,16-17,19-20,25,45-47,49-57,59-64H,3-13,15,18,21-24,26-44H2,1-2H3/b16-14-,19-17-,25-20-. The summed E-state index contributed by atoms with van der Waals surface area (Å²) in [5, 5.41) is 72.2. The molecule has 0 amide bonds. The molecule has 7 N–H and O–H groups in total. The number of unbranched alkanes of at least 4 members (excludes halogenated alkanes) is 25. The highest BCUT2D eigenvalue weighted by atomic mass is 16.7. The average molecular weight is 999 g/mol. The van der Waals surface area contributed by atoms with E-state index in [1.54, 1.807) is 0 Å². The number of carbonyl (C=O) groups excluding carboxylic acids is 1. The molecule has 2 fully saturated rings. The van der Waals surface area contributed by atoms with E-state index in [1.807, 2.05) is 0 Å². The summed E-state index contributed by atoms with van der Waals surface area (Å²) in [5.41, 5.74) is 0. The van der Waals surface area contributed by atoms with Crippen molar-refractivity contribution in [3.8, 4) is 0 Å². The van der Waals surface area contributed by atoms with E-state index in [0.29, 0.717) is 13.0 Å². The fourth-order valence-electron chi connectivity index (χ4n) is 8.78. The number of ether oxygens (including phenoxy) is 6. The molecule has 14 nitrogen and oxygen atoms in total. The van der Waals surface area contributed by atoms with Crippen LogP contribution in [0.3, 0.4) is 0 Å². The van der Waals surface area contributed by atoms with Crippen molar-refractivity contribution in [2.45, 2.75) is 280 Å². The molecule has 11 unspecified atom stereocenters. The second-order valence-electron chi connectivity index (χ2n) is 19.8. The van der Waals surface area contributed by atoms with Crippen LogP contribution in [-0.2, 0) is 33.2 Å². The van der Waals surface area contributed by atoms with Crippen LogP contribution in [0.1, 0.15) is 213 Å². The minimum atomic E-state index is -1.71. The van der Waals surface area contributed by atoms with Crippen LogP contribution in [-0.4, -0.2) is 142 Å². The molecule has 2 saturated heterocycles. The van der Waals surface area contributed by atoms with E-state index >= 15 is 0 Å². The predicted octanol–water partition coefficient (Wildman–Crippen LogP) is 9.36. The molecule has 410 valence electrons. The normalized spacial score (nSPS) is 25.7. The Morgan fingerprint density at radius 2 is 0.886 bits per heavy atom. The maximum Gasteiger partial charge on any atom is 0.306 e. The third kappa shape index (κ3) is 30.4. The lowest BCUT2D eigenvalue weighted by Gasteiger charge is -2.42. The summed E-state index contributed by atoms with van der Waals surface area (Å²) >= 11 is 0. The van der Waals surface area contributed by atoms with Crippen molar-refractivity contribution in [1.29, 1.82) is 0 Å². The minimum absolute atomic E-state index is 0.0561. The summed E-state index contributed by atoms with van der Waals surface area (Å²) in [6.45, 7) is 3.67. The summed E-state index contributed by atoms with van der Waals surface area (Å²) in [5.74, 6) is -0.388. The van der Waals surface area contributed by atoms with Gasteiger partial charge in [0, 0.05) is 13.0 Å². The number of carbonyl (C=O) groups is 1. The van der Waals surface area contributed by atoms with Gasteiger partial charge in [-0.05, 0) is 70.6 Å². The predicted molar refractivity (Wildman–Crippen MR) is 275 cm³/mol. The lowest BCUT2D eigenvalue weighted by Crippen LogP contribution is -2.61. The summed E-state index contributed by atoms with van der Waals surface area (Å²) in [7, 11) is 0. The van der Waals surface area contributed by atoms with E-state index in [0.717, 1.165) is 64.2 Å². The van der Waals surface area contributed by atoms with Crippen LogP contribution in [0.4, 0.5) is 0 Å². The molecule has 2 aliphatic heterocycles. The molecule has 2 rings (SSSR count). The van der Waals surface area contributed by atoms with Crippen LogP contribution < -0.4 is 0 Å². The molecule has 0 radical (unpaired) electrons. The summed E-state index contributed by atoms with van der Waals surface area (Å²) in [4.78, 5) is 13.0. The Kier molecular flexibility index (Phi) is 40.1. The van der Waals surface area contributed by atoms with Crippen molar-refractivity contribution in [3.05, 3.63) is 36.5 Å². The van der Waals surface area contributed by atoms with Gasteiger partial charge in [-0.25, -0.2) is 0 Å². The van der Waals surface area contributed by atoms with Crippen molar-refractivity contribution in [3.63, 3.8) is 0 Å². The summed E-state index contributed by atoms with van der Waals surface area (Å²) < 4.78 is 34.3. The van der Waals surface area contributed by atoms with Gasteiger partial charge in [-0.3, -0.25) is 4.79 Å². The first-order valence-electron chi connectivity index (χ1n) is 28.1. The molecule has 0 aromatic carbocycles. The van der Waals surface area contributed by atoms with Crippen molar-refractivity contribution in [1.82, 2.24) is 0 Å². The van der Waals surface area contributed by atoms with Gasteiger partial charge < -0.3 is 64.2 Å². The molecule has 14 heteroatoms. The van der Waals surface area contributed by atoms with Gasteiger partial charge in [-0.2, -0.15) is 0 Å². The molecule has 0 spiro atoms. The van der Waals surface area contributed by atoms with Gasteiger partial charge in [0.1, 0.15) is 54.9 Å². The molecular formula is C56H102O14. The Bertz CT molecular complexity index is 1300. The maximum atomic E-state index is 13.0. The minimum Gasteiger partial charge on any atom is -0.457 e. The van der Waals surface area contributed by atoms with Crippen LogP contribution >= 0.6 is 0 Å². The van der Waals surface area contributed by atoms with Crippen molar-refractivity contribution in [2.24, 2.45) is 0 Å². The molecule has 11 atom stereocenters. The van der Waals surface area contributed by atoms with Crippen molar-refractivity contribution >= 4 is 5.97 Å². The Morgan fingerprint density at radius 1 is 0.471 bits per heavy atom. The van der Waals surface area contributed by atoms with Gasteiger partial charge >= 0.3 is 5.97 Å². The Balaban J connectivity index is 1.73. The largest absolute Gasteiger partial charge is 0.457 e. The number of hydrogen-bond donors (Lipinski definition) is 7. The van der Waals surface area contributed by atoms with E-state index in [-0.39, 0.29) is 25.6 Å². The third-order valence-corrected chi connectivity index (χ3v) is 13.4. The first-order chi connectivity index (χ1) is 34.1. The second-order valence-corrected chi connectivity index (χ2v) is 19.8. The van der Waals surface area contributed by atoms with Gasteiger partial charge in [0.25, 0.3) is 0 Å². The Labute approximate surface area is 423 Å². The lowest BCUT2D eigenvalue weighted by molar-refractivity contribution is -0.332. The smallest absolute Gasteiger partial charge is 0.306 e. The van der Waals surface area contributed by atoms with Gasteiger partial charge in [0.05, 0.1) is 26.4 Å². The highest BCUT2D eigenvalue weighted by Crippen LogP contribution is 2.26. The van der Waals surface area contributed by atoms with Gasteiger partial charge in [-0.15, -0.1) is 0 Å². The average Bonchev–Trinajstić information content (AvgIpc) is 3.36. The fourth-order valence-corrected chi connectivity index (χ4v) is 8.78. The summed E-state index contributed by atoms with van der Waals surface area (Å²) in [6.07, 6.45) is 33.4. The Hall–Kier alpha value is -1.79. The molecule has 0 saturated carbocycles. The molecule has 0 aromatic rings. The van der Waals surface area contributed by atoms with Crippen molar-refractivity contribution in [2.75, 3.05) is 33.0 Å². The van der Waals surface area contributed by atoms with Crippen LogP contribution in [0.25, 0.3) is 0 Å². The zero-order valence-corrected chi connectivity index (χ0v) is 43.8. The topological polar surface area (TPSA) is 214 Å². The van der Waals surface area contributed by atoms with Gasteiger partial charge in [-0.1, -0.05) is 172 Å². The highest BCUT2D eigenvalue weighted by Gasteiger charge is 2.47. The molecule has 2 aliphatic rings. The number of aliphatic hydroxyl groups excluding tert-OH is 7. The Morgan fingerprint density at radius 3 is 1.40 bits per heavy atom. The monoisotopic (exact) mass is 999 g/mol. The number of hydrogen-bond acceptors (Lipinski definition) is 14. The molecule has 0 bridgehead atoms. The lowest BCUT2D eigenvalue weighted by atomic mass is 9.98. The van der Waals surface area contributed by atoms with Gasteiger partial charge in [0.2, 0.25) is 0 Å². The van der Waals surface area contributed by atoms with Crippen LogP contribution in [0, 0.1) is 0 Å². The van der Waals surface area contributed by atoms with E-state index in [9.17, 15) is 40.5 Å². The maximum absolute atomic E-state index is 13.0. The molecular weight excluding hydrogens is 897 g/mol. The molecule has 2 heterocycles. The number of rotatable bonds is 45. The molecule has 0 aliphatic carbocycles. The SMILES string of the molecule is CCCCCC/C=C\C/C=C\CCCCCCCC(=O)OC(COCCCCCCCCCCCC/C=C\CCCCCCCC)COC1OC(COC2OC(CO)C(O)C(O)C2O)C(O)C(O)C1O. The van der Waals surface area contributed by atoms with Gasteiger partial charge in [0.15, 0.2) is 12.6 Å². The fraction of sp³-hybridized carbons (Fsp3) is 0.875. The van der Waals surface area contributed by atoms with Crippen LogP contribution in [0.2, 0.25) is 0 Å². The first-order valence-corrected chi connectivity index (χ1v) is 28.1. The van der Waals surface area contributed by atoms with E-state index in [1.165, 1.54) is 122 Å². The molecule has 0 aromatic heterocycles. The van der Waals surface area contributed by atoms with E-state index in [4.69, 9.17) is 28.4 Å². The van der Waals surface area contributed by atoms with Crippen molar-refractivity contribution < 1.29 is 69.0 Å². The first kappa shape index (κ1) is 64.3. The second kappa shape index (κ2) is 43.6. The zero-order valence-electron chi connectivity index (χ0n) is 43.8. The molecule has 70 heavy (non-hydrogen) atoms. The third-order valence-electron chi connectivity index (χ3n) is 13.4. The zero-order chi connectivity index (χ0) is 50.9.